The largest absolute Gasteiger partial charge is 0.350 e. The van der Waals surface area contributed by atoms with Gasteiger partial charge in [0, 0.05) is 18.5 Å². The van der Waals surface area contributed by atoms with Gasteiger partial charge in [-0.25, -0.2) is 8.42 Å². The summed E-state index contributed by atoms with van der Waals surface area (Å²) in [6, 6.07) is 30.3. The zero-order valence-corrected chi connectivity index (χ0v) is 28.5. The van der Waals surface area contributed by atoms with E-state index < -0.39 is 34.1 Å². The van der Waals surface area contributed by atoms with Crippen LogP contribution in [0.2, 0.25) is 0 Å². The highest BCUT2D eigenvalue weighted by Crippen LogP contribution is 2.29. The van der Waals surface area contributed by atoms with Gasteiger partial charge in [0.1, 0.15) is 12.6 Å². The molecule has 4 rings (SSSR count). The minimum atomic E-state index is -4.16. The molecule has 8 heteroatoms. The summed E-state index contributed by atoms with van der Waals surface area (Å²) in [6.07, 6.45) is 0.832. The van der Waals surface area contributed by atoms with Gasteiger partial charge >= 0.3 is 0 Å². The molecular formula is C38H45N3O4S. The number of hydrogen-bond donors (Lipinski definition) is 1. The van der Waals surface area contributed by atoms with Gasteiger partial charge in [0.25, 0.3) is 10.0 Å². The van der Waals surface area contributed by atoms with Crippen molar-refractivity contribution in [1.29, 1.82) is 0 Å². The smallest absolute Gasteiger partial charge is 0.264 e. The zero-order chi connectivity index (χ0) is 33.5. The Balaban J connectivity index is 1.85. The molecule has 0 spiro atoms. The first kappa shape index (κ1) is 34.4. The molecule has 242 valence electrons. The van der Waals surface area contributed by atoms with E-state index >= 15 is 0 Å². The van der Waals surface area contributed by atoms with Crippen molar-refractivity contribution >= 4 is 27.5 Å². The number of benzene rings is 4. The number of carbonyl (C=O) groups is 2. The SMILES string of the molecule is CCc1ccccc1N(CC(=O)N(Cc1cccc(C)c1)[C@H](Cc1ccccc1)C(=O)NC(C)(C)C)S(=O)(=O)c1ccc(C)cc1. The van der Waals surface area contributed by atoms with Crippen LogP contribution in [0.1, 0.15) is 55.5 Å². The number of nitrogens with zero attached hydrogens (tertiary/aromatic N) is 2. The lowest BCUT2D eigenvalue weighted by atomic mass is 10.0. The monoisotopic (exact) mass is 639 g/mol. The Morgan fingerprint density at radius 1 is 0.783 bits per heavy atom. The average molecular weight is 640 g/mol. The summed E-state index contributed by atoms with van der Waals surface area (Å²) < 4.78 is 29.9. The van der Waals surface area contributed by atoms with Crippen LogP contribution in [0, 0.1) is 13.8 Å². The molecule has 0 saturated carbocycles. The third kappa shape index (κ3) is 8.85. The Morgan fingerprint density at radius 2 is 1.41 bits per heavy atom. The number of carbonyl (C=O) groups excluding carboxylic acids is 2. The highest BCUT2D eigenvalue weighted by molar-refractivity contribution is 7.92. The Kier molecular flexibility index (Phi) is 11.1. The van der Waals surface area contributed by atoms with E-state index in [-0.39, 0.29) is 23.8 Å². The molecule has 0 aliphatic carbocycles. The first-order valence-electron chi connectivity index (χ1n) is 15.7. The molecule has 0 unspecified atom stereocenters. The van der Waals surface area contributed by atoms with Gasteiger partial charge in [-0.2, -0.15) is 0 Å². The maximum absolute atomic E-state index is 14.7. The van der Waals surface area contributed by atoms with Crippen LogP contribution in [0.3, 0.4) is 0 Å². The van der Waals surface area contributed by atoms with Crippen LogP contribution in [-0.4, -0.2) is 43.3 Å². The second kappa shape index (κ2) is 14.8. The highest BCUT2D eigenvalue weighted by Gasteiger charge is 2.36. The minimum Gasteiger partial charge on any atom is -0.350 e. The second-order valence-electron chi connectivity index (χ2n) is 12.8. The maximum atomic E-state index is 14.7. The first-order valence-corrected chi connectivity index (χ1v) is 17.1. The number of para-hydroxylation sites is 1. The number of nitrogens with one attached hydrogen (secondary N) is 1. The van der Waals surface area contributed by atoms with E-state index in [1.165, 1.54) is 9.21 Å². The fourth-order valence-corrected chi connectivity index (χ4v) is 6.87. The maximum Gasteiger partial charge on any atom is 0.264 e. The van der Waals surface area contributed by atoms with Crippen LogP contribution in [0.15, 0.2) is 108 Å². The summed E-state index contributed by atoms with van der Waals surface area (Å²) in [5.74, 6) is -0.785. The van der Waals surface area contributed by atoms with E-state index in [1.54, 1.807) is 36.4 Å². The van der Waals surface area contributed by atoms with E-state index in [9.17, 15) is 18.0 Å². The lowest BCUT2D eigenvalue weighted by molar-refractivity contribution is -0.140. The third-order valence-corrected chi connectivity index (χ3v) is 9.51. The van der Waals surface area contributed by atoms with Crippen LogP contribution in [0.25, 0.3) is 0 Å². The van der Waals surface area contributed by atoms with Gasteiger partial charge in [0.15, 0.2) is 0 Å². The lowest BCUT2D eigenvalue weighted by Gasteiger charge is -2.35. The number of sulfonamides is 1. The number of aryl methyl sites for hydroxylation is 3. The Bertz CT molecular complexity index is 1750. The predicted molar refractivity (Wildman–Crippen MR) is 185 cm³/mol. The quantitative estimate of drug-likeness (QED) is 0.189. The van der Waals surface area contributed by atoms with Crippen LogP contribution in [0.5, 0.6) is 0 Å². The van der Waals surface area contributed by atoms with Crippen LogP contribution < -0.4 is 9.62 Å². The van der Waals surface area contributed by atoms with Crippen molar-refractivity contribution in [3.8, 4) is 0 Å². The molecule has 0 bridgehead atoms. The highest BCUT2D eigenvalue weighted by atomic mass is 32.2. The van der Waals surface area contributed by atoms with Gasteiger partial charge in [0.05, 0.1) is 10.6 Å². The van der Waals surface area contributed by atoms with E-state index in [2.05, 4.69) is 5.32 Å². The van der Waals surface area contributed by atoms with Crippen LogP contribution >= 0.6 is 0 Å². The van der Waals surface area contributed by atoms with Crippen molar-refractivity contribution in [2.45, 2.75) is 77.4 Å². The normalized spacial score (nSPS) is 12.3. The van der Waals surface area contributed by atoms with Crippen molar-refractivity contribution in [3.63, 3.8) is 0 Å². The summed E-state index contributed by atoms with van der Waals surface area (Å²) in [5.41, 5.74) is 4.36. The van der Waals surface area contributed by atoms with Crippen molar-refractivity contribution in [2.75, 3.05) is 10.8 Å². The fourth-order valence-electron chi connectivity index (χ4n) is 5.42. The lowest BCUT2D eigenvalue weighted by Crippen LogP contribution is -2.56. The van der Waals surface area contributed by atoms with Gasteiger partial charge in [-0.05, 0) is 75.9 Å². The molecule has 2 amide bonds. The molecule has 1 N–H and O–H groups in total. The molecule has 7 nitrogen and oxygen atoms in total. The Morgan fingerprint density at radius 3 is 2.04 bits per heavy atom. The minimum absolute atomic E-state index is 0.0911. The molecule has 0 radical (unpaired) electrons. The van der Waals surface area contributed by atoms with Crippen molar-refractivity contribution < 1.29 is 18.0 Å². The van der Waals surface area contributed by atoms with Gasteiger partial charge in [-0.3, -0.25) is 13.9 Å². The van der Waals surface area contributed by atoms with Crippen molar-refractivity contribution in [3.05, 3.63) is 131 Å². The Labute approximate surface area is 274 Å². The van der Waals surface area contributed by atoms with E-state index in [0.29, 0.717) is 12.1 Å². The van der Waals surface area contributed by atoms with Gasteiger partial charge < -0.3 is 10.2 Å². The molecule has 4 aromatic rings. The topological polar surface area (TPSA) is 86.8 Å². The molecule has 0 aromatic heterocycles. The Hall–Kier alpha value is -4.43. The summed E-state index contributed by atoms with van der Waals surface area (Å²) >= 11 is 0. The average Bonchev–Trinajstić information content (AvgIpc) is 3.01. The molecular weight excluding hydrogens is 595 g/mol. The second-order valence-corrected chi connectivity index (χ2v) is 14.6. The van der Waals surface area contributed by atoms with Crippen molar-refractivity contribution in [2.24, 2.45) is 0 Å². The van der Waals surface area contributed by atoms with E-state index in [0.717, 1.165) is 27.8 Å². The summed E-state index contributed by atoms with van der Waals surface area (Å²) in [6.45, 7) is 11.2. The third-order valence-electron chi connectivity index (χ3n) is 7.73. The summed E-state index contributed by atoms with van der Waals surface area (Å²) in [4.78, 5) is 30.4. The standard InChI is InChI=1S/C38H45N3O4S/c1-7-32-18-11-12-19-34(32)41(46(44,45)33-22-20-28(2)21-23-33)27-36(42)40(26-31-17-13-14-29(3)24-31)35(37(43)39-38(4,5)6)25-30-15-9-8-10-16-30/h8-24,35H,7,25-27H2,1-6H3,(H,39,43)/t35-/m1/s1. The molecule has 0 heterocycles. The summed E-state index contributed by atoms with van der Waals surface area (Å²) in [5, 5.41) is 3.07. The predicted octanol–water partition coefficient (Wildman–Crippen LogP) is 6.62. The molecule has 0 aliphatic rings. The number of hydrogen-bond acceptors (Lipinski definition) is 4. The van der Waals surface area contributed by atoms with Crippen LogP contribution in [0.4, 0.5) is 5.69 Å². The van der Waals surface area contributed by atoms with E-state index in [4.69, 9.17) is 0 Å². The van der Waals surface area contributed by atoms with Gasteiger partial charge in [-0.1, -0.05) is 103 Å². The molecule has 0 aliphatic heterocycles. The number of amides is 2. The molecule has 0 saturated heterocycles. The van der Waals surface area contributed by atoms with Crippen LogP contribution in [-0.2, 0) is 39.0 Å². The van der Waals surface area contributed by atoms with Crippen molar-refractivity contribution in [1.82, 2.24) is 10.2 Å². The first-order chi connectivity index (χ1) is 21.8. The van der Waals surface area contributed by atoms with Gasteiger partial charge in [0.2, 0.25) is 11.8 Å². The molecule has 1 atom stereocenters. The molecule has 46 heavy (non-hydrogen) atoms. The summed E-state index contributed by atoms with van der Waals surface area (Å²) in [7, 11) is -4.16. The van der Waals surface area contributed by atoms with E-state index in [1.807, 2.05) is 108 Å². The molecule has 0 fully saturated rings. The fraction of sp³-hybridized carbons (Fsp3) is 0.316. The number of anilines is 1. The van der Waals surface area contributed by atoms with Gasteiger partial charge in [-0.15, -0.1) is 0 Å². The zero-order valence-electron chi connectivity index (χ0n) is 27.7. The molecule has 4 aromatic carbocycles. The number of rotatable bonds is 12.